The van der Waals surface area contributed by atoms with Crippen molar-refractivity contribution in [3.05, 3.63) is 94.5 Å². The Balaban J connectivity index is 2.04. The van der Waals surface area contributed by atoms with Gasteiger partial charge in [-0.3, -0.25) is 13.9 Å². The standard InChI is InChI=1S/C30H36ClN3O4S/c1-6-23(4)32-30(36)24(5)33(19-25-10-8-7-9-11-25)29(35)20-34(28-17-14-26(31)18-22(28)3)39(37,38)27-15-12-21(2)13-16-27/h7-18,23-24H,6,19-20H2,1-5H3,(H,32,36)/t23-,24+/m0/s1. The Hall–Kier alpha value is -3.36. The van der Waals surface area contributed by atoms with E-state index in [0.717, 1.165) is 21.9 Å². The summed E-state index contributed by atoms with van der Waals surface area (Å²) in [6.45, 7) is 8.78. The van der Waals surface area contributed by atoms with Gasteiger partial charge in [0.2, 0.25) is 11.8 Å². The maximum Gasteiger partial charge on any atom is 0.264 e. The zero-order valence-corrected chi connectivity index (χ0v) is 24.6. The molecular weight excluding hydrogens is 534 g/mol. The number of halogens is 1. The summed E-state index contributed by atoms with van der Waals surface area (Å²) < 4.78 is 29.0. The van der Waals surface area contributed by atoms with Gasteiger partial charge in [-0.15, -0.1) is 0 Å². The van der Waals surface area contributed by atoms with Crippen LogP contribution >= 0.6 is 11.6 Å². The van der Waals surface area contributed by atoms with Crippen LogP contribution in [0, 0.1) is 13.8 Å². The van der Waals surface area contributed by atoms with Crippen molar-refractivity contribution < 1.29 is 18.0 Å². The van der Waals surface area contributed by atoms with Gasteiger partial charge in [0, 0.05) is 17.6 Å². The first-order valence-corrected chi connectivity index (χ1v) is 14.7. The molecule has 3 aromatic carbocycles. The second-order valence-corrected chi connectivity index (χ2v) is 12.1. The van der Waals surface area contributed by atoms with Crippen LogP contribution in [0.15, 0.2) is 77.7 Å². The van der Waals surface area contributed by atoms with Gasteiger partial charge in [-0.25, -0.2) is 8.42 Å². The first-order chi connectivity index (χ1) is 18.4. The van der Waals surface area contributed by atoms with Gasteiger partial charge in [-0.05, 0) is 75.6 Å². The van der Waals surface area contributed by atoms with Gasteiger partial charge >= 0.3 is 0 Å². The summed E-state index contributed by atoms with van der Waals surface area (Å²) in [7, 11) is -4.13. The number of rotatable bonds is 11. The van der Waals surface area contributed by atoms with Gasteiger partial charge in [0.25, 0.3) is 10.0 Å². The summed E-state index contributed by atoms with van der Waals surface area (Å²) in [6.07, 6.45) is 0.740. The zero-order valence-electron chi connectivity index (χ0n) is 23.0. The Morgan fingerprint density at radius 1 is 0.949 bits per heavy atom. The fourth-order valence-electron chi connectivity index (χ4n) is 4.08. The van der Waals surface area contributed by atoms with Crippen LogP contribution in [0.2, 0.25) is 5.02 Å². The second kappa shape index (κ2) is 13.1. The molecular formula is C30H36ClN3O4S. The molecule has 2 amide bonds. The average molecular weight is 570 g/mol. The summed E-state index contributed by atoms with van der Waals surface area (Å²) in [5.74, 6) is -0.806. The molecule has 3 aromatic rings. The van der Waals surface area contributed by atoms with Crippen LogP contribution in [0.4, 0.5) is 5.69 Å². The predicted molar refractivity (Wildman–Crippen MR) is 156 cm³/mol. The van der Waals surface area contributed by atoms with Crippen molar-refractivity contribution in [3.63, 3.8) is 0 Å². The Morgan fingerprint density at radius 3 is 2.18 bits per heavy atom. The number of carbonyl (C=O) groups excluding carboxylic acids is 2. The van der Waals surface area contributed by atoms with Crippen LogP contribution in [0.3, 0.4) is 0 Å². The average Bonchev–Trinajstić information content (AvgIpc) is 2.91. The number of hydrogen-bond acceptors (Lipinski definition) is 4. The number of amides is 2. The van der Waals surface area contributed by atoms with Gasteiger partial charge in [0.1, 0.15) is 12.6 Å². The first-order valence-electron chi connectivity index (χ1n) is 12.9. The molecule has 0 unspecified atom stereocenters. The summed E-state index contributed by atoms with van der Waals surface area (Å²) in [5, 5.41) is 3.39. The maximum atomic E-state index is 14.0. The molecule has 7 nitrogen and oxygen atoms in total. The Labute approximate surface area is 236 Å². The summed E-state index contributed by atoms with van der Waals surface area (Å²) in [5.41, 5.74) is 2.67. The fourth-order valence-corrected chi connectivity index (χ4v) is 5.78. The van der Waals surface area contributed by atoms with Crippen LogP contribution < -0.4 is 9.62 Å². The highest BCUT2D eigenvalue weighted by molar-refractivity contribution is 7.92. The number of aryl methyl sites for hydroxylation is 2. The van der Waals surface area contributed by atoms with E-state index in [1.807, 2.05) is 51.1 Å². The molecule has 0 bridgehead atoms. The third-order valence-electron chi connectivity index (χ3n) is 6.68. The second-order valence-electron chi connectivity index (χ2n) is 9.76. The number of anilines is 1. The Morgan fingerprint density at radius 2 is 1.59 bits per heavy atom. The van der Waals surface area contributed by atoms with Gasteiger partial charge < -0.3 is 10.2 Å². The van der Waals surface area contributed by atoms with E-state index in [4.69, 9.17) is 11.6 Å². The lowest BCUT2D eigenvalue weighted by atomic mass is 10.1. The molecule has 0 heterocycles. The largest absolute Gasteiger partial charge is 0.352 e. The first kappa shape index (κ1) is 30.2. The SMILES string of the molecule is CC[C@H](C)NC(=O)[C@@H](C)N(Cc1ccccc1)C(=O)CN(c1ccc(Cl)cc1C)S(=O)(=O)c1ccc(C)cc1. The molecule has 0 aromatic heterocycles. The Bertz CT molecular complexity index is 1400. The molecule has 0 spiro atoms. The summed E-state index contributed by atoms with van der Waals surface area (Å²) >= 11 is 6.16. The van der Waals surface area contributed by atoms with Crippen LogP contribution in [0.1, 0.15) is 43.9 Å². The highest BCUT2D eigenvalue weighted by Gasteiger charge is 2.33. The van der Waals surface area contributed by atoms with Gasteiger partial charge in [-0.2, -0.15) is 0 Å². The van der Waals surface area contributed by atoms with Crippen molar-refractivity contribution in [1.82, 2.24) is 10.2 Å². The summed E-state index contributed by atoms with van der Waals surface area (Å²) in [4.78, 5) is 28.5. The van der Waals surface area contributed by atoms with Crippen molar-refractivity contribution in [2.75, 3.05) is 10.8 Å². The number of sulfonamides is 1. The maximum absolute atomic E-state index is 14.0. The number of hydrogen-bond donors (Lipinski definition) is 1. The molecule has 39 heavy (non-hydrogen) atoms. The normalized spacial score (nSPS) is 12.9. The van der Waals surface area contributed by atoms with E-state index in [1.165, 1.54) is 17.0 Å². The zero-order chi connectivity index (χ0) is 28.7. The monoisotopic (exact) mass is 569 g/mol. The van der Waals surface area contributed by atoms with Crippen molar-refractivity contribution >= 4 is 39.1 Å². The molecule has 0 aliphatic carbocycles. The molecule has 0 aliphatic rings. The minimum Gasteiger partial charge on any atom is -0.352 e. The van der Waals surface area contributed by atoms with Crippen LogP contribution in [-0.2, 0) is 26.2 Å². The molecule has 0 aliphatic heterocycles. The van der Waals surface area contributed by atoms with E-state index in [0.29, 0.717) is 16.3 Å². The number of carbonyl (C=O) groups is 2. The highest BCUT2D eigenvalue weighted by Crippen LogP contribution is 2.29. The molecule has 9 heteroatoms. The van der Waals surface area contributed by atoms with E-state index in [-0.39, 0.29) is 23.4 Å². The molecule has 2 atom stereocenters. The molecule has 3 rings (SSSR count). The summed E-state index contributed by atoms with van der Waals surface area (Å²) in [6, 6.07) is 19.7. The lowest BCUT2D eigenvalue weighted by molar-refractivity contribution is -0.139. The van der Waals surface area contributed by atoms with Gasteiger partial charge in [0.15, 0.2) is 0 Å². The lowest BCUT2D eigenvalue weighted by Gasteiger charge is -2.33. The minimum absolute atomic E-state index is 0.0624. The van der Waals surface area contributed by atoms with Crippen molar-refractivity contribution in [3.8, 4) is 0 Å². The van der Waals surface area contributed by atoms with E-state index in [1.54, 1.807) is 44.2 Å². The highest BCUT2D eigenvalue weighted by atomic mass is 35.5. The van der Waals surface area contributed by atoms with E-state index in [9.17, 15) is 18.0 Å². The molecule has 0 saturated heterocycles. The van der Waals surface area contributed by atoms with Gasteiger partial charge in [0.05, 0.1) is 10.6 Å². The predicted octanol–water partition coefficient (Wildman–Crippen LogP) is 5.48. The van der Waals surface area contributed by atoms with Crippen LogP contribution in [-0.4, -0.2) is 43.8 Å². The van der Waals surface area contributed by atoms with E-state index < -0.39 is 28.5 Å². The van der Waals surface area contributed by atoms with Gasteiger partial charge in [-0.1, -0.05) is 66.6 Å². The van der Waals surface area contributed by atoms with Crippen LogP contribution in [0.25, 0.3) is 0 Å². The van der Waals surface area contributed by atoms with Crippen molar-refractivity contribution in [1.29, 1.82) is 0 Å². The number of benzene rings is 3. The minimum atomic E-state index is -4.13. The number of nitrogens with one attached hydrogen (secondary N) is 1. The topological polar surface area (TPSA) is 86.8 Å². The molecule has 0 fully saturated rings. The molecule has 0 radical (unpaired) electrons. The van der Waals surface area contributed by atoms with Crippen molar-refractivity contribution in [2.45, 2.75) is 64.6 Å². The van der Waals surface area contributed by atoms with E-state index >= 15 is 0 Å². The quantitative estimate of drug-likeness (QED) is 0.331. The molecule has 208 valence electrons. The Kier molecular flexibility index (Phi) is 10.2. The van der Waals surface area contributed by atoms with Crippen LogP contribution in [0.5, 0.6) is 0 Å². The van der Waals surface area contributed by atoms with E-state index in [2.05, 4.69) is 5.32 Å². The third kappa shape index (κ3) is 7.61. The molecule has 0 saturated carbocycles. The smallest absolute Gasteiger partial charge is 0.264 e. The third-order valence-corrected chi connectivity index (χ3v) is 8.69. The van der Waals surface area contributed by atoms with Crippen molar-refractivity contribution in [2.24, 2.45) is 0 Å². The fraction of sp³-hybridized carbons (Fsp3) is 0.333. The lowest BCUT2D eigenvalue weighted by Crippen LogP contribution is -2.52. The molecule has 1 N–H and O–H groups in total. The number of nitrogens with zero attached hydrogens (tertiary/aromatic N) is 2.